The normalized spacial score (nSPS) is 27.1. The number of carboxylic acids is 1. The molecule has 1 unspecified atom stereocenters. The van der Waals surface area contributed by atoms with Crippen molar-refractivity contribution in [2.75, 3.05) is 13.2 Å². The first kappa shape index (κ1) is 27.8. The van der Waals surface area contributed by atoms with E-state index in [2.05, 4.69) is 0 Å². The third-order valence-electron chi connectivity index (χ3n) is 9.92. The number of carbonyl (C=O) groups excluding carboxylic acids is 2. The summed E-state index contributed by atoms with van der Waals surface area (Å²) in [5, 5.41) is 10.3. The number of hydrogen-bond acceptors (Lipinski definition) is 4. The van der Waals surface area contributed by atoms with Crippen LogP contribution in [0.3, 0.4) is 0 Å². The Morgan fingerprint density at radius 2 is 1.74 bits per heavy atom. The zero-order valence-electron chi connectivity index (χ0n) is 23.0. The van der Waals surface area contributed by atoms with Crippen molar-refractivity contribution in [2.45, 2.75) is 82.7 Å². The number of aromatic nitrogens is 1. The van der Waals surface area contributed by atoms with Gasteiger partial charge in [0, 0.05) is 42.9 Å². The van der Waals surface area contributed by atoms with Crippen LogP contribution in [0.25, 0.3) is 10.9 Å². The molecule has 8 heteroatoms. The van der Waals surface area contributed by atoms with Gasteiger partial charge in [0.15, 0.2) is 5.78 Å². The molecular formula is C31H42FN3O4. The first-order valence-corrected chi connectivity index (χ1v) is 14.7. The van der Waals surface area contributed by atoms with Crippen molar-refractivity contribution in [2.24, 2.45) is 36.5 Å². The smallest absolute Gasteiger partial charge is 0.352 e. The summed E-state index contributed by atoms with van der Waals surface area (Å²) in [6.07, 6.45) is 9.88. The van der Waals surface area contributed by atoms with Crippen LogP contribution in [-0.4, -0.2) is 57.5 Å². The molecule has 3 N–H and O–H groups in total. The van der Waals surface area contributed by atoms with Crippen molar-refractivity contribution in [3.63, 3.8) is 0 Å². The minimum atomic E-state index is -0.984. The topological polar surface area (TPSA) is 106 Å². The average molecular weight is 540 g/mol. The number of carboxylic acid groups (broad SMARTS) is 1. The molecule has 0 bridgehead atoms. The molecule has 2 aromatic rings. The van der Waals surface area contributed by atoms with Crippen molar-refractivity contribution in [1.82, 2.24) is 9.47 Å². The minimum absolute atomic E-state index is 0.0818. The van der Waals surface area contributed by atoms with E-state index < -0.39 is 24.7 Å². The Kier molecular flexibility index (Phi) is 8.40. The number of Topliss-reactive ketones (excluding diaryl/α,β-unsaturated/α-hetero) is 1. The lowest BCUT2D eigenvalue weighted by Crippen LogP contribution is -2.48. The van der Waals surface area contributed by atoms with Gasteiger partial charge in [-0.2, -0.15) is 0 Å². The summed E-state index contributed by atoms with van der Waals surface area (Å²) in [5.74, 6) is -0.150. The van der Waals surface area contributed by atoms with Gasteiger partial charge < -0.3 is 20.3 Å². The van der Waals surface area contributed by atoms with Gasteiger partial charge in [0.2, 0.25) is 5.91 Å². The number of nitrogens with two attached hydrogens (primary N) is 1. The molecule has 5 rings (SSSR count). The molecule has 1 amide bonds. The molecule has 1 aliphatic heterocycles. The Hall–Kier alpha value is -2.74. The van der Waals surface area contributed by atoms with Gasteiger partial charge in [-0.25, -0.2) is 9.18 Å². The van der Waals surface area contributed by atoms with Crippen LogP contribution < -0.4 is 5.73 Å². The highest BCUT2D eigenvalue weighted by molar-refractivity contribution is 5.96. The zero-order chi connectivity index (χ0) is 27.7. The van der Waals surface area contributed by atoms with E-state index in [1.807, 2.05) is 23.1 Å². The number of carbonyl (C=O) groups is 3. The predicted octanol–water partition coefficient (Wildman–Crippen LogP) is 4.89. The van der Waals surface area contributed by atoms with Crippen LogP contribution in [0.2, 0.25) is 0 Å². The van der Waals surface area contributed by atoms with E-state index in [1.54, 1.807) is 17.7 Å². The highest BCUT2D eigenvalue weighted by Crippen LogP contribution is 2.41. The largest absolute Gasteiger partial charge is 0.477 e. The van der Waals surface area contributed by atoms with E-state index in [0.29, 0.717) is 25.3 Å². The molecule has 39 heavy (non-hydrogen) atoms. The molecule has 1 saturated heterocycles. The second-order valence-electron chi connectivity index (χ2n) is 12.2. The highest BCUT2D eigenvalue weighted by Gasteiger charge is 2.46. The Morgan fingerprint density at radius 1 is 1.03 bits per heavy atom. The summed E-state index contributed by atoms with van der Waals surface area (Å²) in [6, 6.07) is 6.47. The summed E-state index contributed by atoms with van der Waals surface area (Å²) in [5.41, 5.74) is 7.80. The van der Waals surface area contributed by atoms with Gasteiger partial charge in [-0.05, 0) is 73.6 Å². The van der Waals surface area contributed by atoms with Crippen molar-refractivity contribution in [3.8, 4) is 0 Å². The summed E-state index contributed by atoms with van der Waals surface area (Å²) < 4.78 is 14.7. The third kappa shape index (κ3) is 5.63. The fourth-order valence-corrected chi connectivity index (χ4v) is 7.71. The van der Waals surface area contributed by atoms with E-state index >= 15 is 0 Å². The highest BCUT2D eigenvalue weighted by atomic mass is 19.1. The fourth-order valence-electron chi connectivity index (χ4n) is 7.71. The van der Waals surface area contributed by atoms with E-state index in [1.165, 1.54) is 19.3 Å². The number of amides is 1. The molecule has 3 aliphatic rings. The summed E-state index contributed by atoms with van der Waals surface area (Å²) >= 11 is 0. The number of likely N-dealkylation sites (tertiary alicyclic amines) is 1. The molecule has 2 aliphatic carbocycles. The molecule has 0 spiro atoms. The van der Waals surface area contributed by atoms with E-state index in [-0.39, 0.29) is 41.6 Å². The van der Waals surface area contributed by atoms with Gasteiger partial charge in [0.25, 0.3) is 0 Å². The third-order valence-corrected chi connectivity index (χ3v) is 9.92. The number of alkyl halides is 1. The lowest BCUT2D eigenvalue weighted by molar-refractivity contribution is -0.143. The van der Waals surface area contributed by atoms with Crippen molar-refractivity contribution >= 4 is 28.6 Å². The maximum atomic E-state index is 14.0. The number of ketones is 1. The summed E-state index contributed by atoms with van der Waals surface area (Å²) in [6.45, 7) is 0.0987. The standard InChI is InChI=1S/C31H42FN3O4/c1-34-26-12-7-19(15-23(26)17-27(34)31(38)39)16-28(36)29-24(20-5-3-2-4-6-20)13-14-35(29)30(37)22-10-8-21(9-11-22)25(33)18-32/h7,12,15,17,20-22,24-25,29H,2-6,8-11,13-14,16,18,33H2,1H3,(H,38,39)/t21?,22?,24-,25?,29-/m0/s1. The molecule has 0 radical (unpaired) electrons. The van der Waals surface area contributed by atoms with Crippen molar-refractivity contribution in [1.29, 1.82) is 0 Å². The second kappa shape index (κ2) is 11.8. The first-order valence-electron chi connectivity index (χ1n) is 14.7. The van der Waals surface area contributed by atoms with Crippen molar-refractivity contribution < 1.29 is 23.9 Å². The van der Waals surface area contributed by atoms with Gasteiger partial charge in [-0.15, -0.1) is 0 Å². The van der Waals surface area contributed by atoms with Crippen molar-refractivity contribution in [3.05, 3.63) is 35.5 Å². The molecule has 7 nitrogen and oxygen atoms in total. The number of rotatable bonds is 8. The maximum Gasteiger partial charge on any atom is 0.352 e. The monoisotopic (exact) mass is 539 g/mol. The first-order chi connectivity index (χ1) is 18.8. The van der Waals surface area contributed by atoms with Gasteiger partial charge in [-0.1, -0.05) is 38.2 Å². The molecule has 2 saturated carbocycles. The van der Waals surface area contributed by atoms with E-state index in [0.717, 1.165) is 48.6 Å². The Balaban J connectivity index is 1.35. The molecule has 3 atom stereocenters. The number of halogens is 1. The molecule has 1 aromatic heterocycles. The van der Waals surface area contributed by atoms with E-state index in [9.17, 15) is 23.9 Å². The Bertz CT molecular complexity index is 1210. The van der Waals surface area contributed by atoms with Gasteiger partial charge >= 0.3 is 5.97 Å². The summed E-state index contributed by atoms with van der Waals surface area (Å²) in [4.78, 5) is 41.3. The Morgan fingerprint density at radius 3 is 2.41 bits per heavy atom. The van der Waals surface area contributed by atoms with Gasteiger partial charge in [0.1, 0.15) is 12.4 Å². The van der Waals surface area contributed by atoms with Gasteiger partial charge in [-0.3, -0.25) is 9.59 Å². The van der Waals surface area contributed by atoms with Crippen LogP contribution in [0.5, 0.6) is 0 Å². The quantitative estimate of drug-likeness (QED) is 0.497. The van der Waals surface area contributed by atoms with Crippen LogP contribution in [0.15, 0.2) is 24.3 Å². The number of aromatic carboxylic acids is 1. The zero-order valence-corrected chi connectivity index (χ0v) is 23.0. The van der Waals surface area contributed by atoms with Crippen LogP contribution in [0, 0.1) is 23.7 Å². The lowest BCUT2D eigenvalue weighted by atomic mass is 9.75. The maximum absolute atomic E-state index is 14.0. The number of nitrogens with zero attached hydrogens (tertiary/aromatic N) is 2. The number of aryl methyl sites for hydroxylation is 1. The van der Waals surface area contributed by atoms with Crippen LogP contribution in [-0.2, 0) is 23.1 Å². The Labute approximate surface area is 229 Å². The number of hydrogen-bond donors (Lipinski definition) is 2. The number of fused-ring (bicyclic) bond motifs is 1. The minimum Gasteiger partial charge on any atom is -0.477 e. The fraction of sp³-hybridized carbons (Fsp3) is 0.645. The van der Waals surface area contributed by atoms with Gasteiger partial charge in [0.05, 0.1) is 6.04 Å². The molecular weight excluding hydrogens is 497 g/mol. The summed E-state index contributed by atoms with van der Waals surface area (Å²) in [7, 11) is 1.73. The number of benzene rings is 1. The predicted molar refractivity (Wildman–Crippen MR) is 148 cm³/mol. The molecule has 2 heterocycles. The average Bonchev–Trinajstić information content (AvgIpc) is 3.54. The second-order valence-corrected chi connectivity index (χ2v) is 12.2. The van der Waals surface area contributed by atoms with E-state index in [4.69, 9.17) is 5.73 Å². The SMILES string of the molecule is Cn1c(C(=O)O)cc2cc(CC(=O)[C@@H]3[C@H](C4CCCCC4)CCN3C(=O)C3CCC(C(N)CF)CC3)ccc21. The van der Waals surface area contributed by atoms with Crippen LogP contribution in [0.4, 0.5) is 4.39 Å². The molecule has 212 valence electrons. The lowest BCUT2D eigenvalue weighted by Gasteiger charge is -2.37. The molecule has 1 aromatic carbocycles. The van der Waals surface area contributed by atoms with Crippen LogP contribution in [0.1, 0.15) is 80.3 Å². The van der Waals surface area contributed by atoms with Crippen LogP contribution >= 0.6 is 0 Å². The molecule has 3 fully saturated rings.